The molecule has 0 saturated heterocycles. The number of amides is 1. The maximum absolute atomic E-state index is 13.1. The van der Waals surface area contributed by atoms with Gasteiger partial charge in [0, 0.05) is 18.7 Å². The highest BCUT2D eigenvalue weighted by atomic mass is 32.2. The van der Waals surface area contributed by atoms with Gasteiger partial charge in [-0.25, -0.2) is 26.7 Å². The van der Waals surface area contributed by atoms with E-state index in [9.17, 15) is 21.6 Å². The number of hydrogen-bond donors (Lipinski definition) is 2. The highest BCUT2D eigenvalue weighted by molar-refractivity contribution is 7.89. The molecule has 2 aromatic carbocycles. The molecule has 0 aromatic heterocycles. The molecule has 8 nitrogen and oxygen atoms in total. The molecule has 1 aliphatic rings. The van der Waals surface area contributed by atoms with E-state index in [1.807, 2.05) is 0 Å². The Kier molecular flexibility index (Phi) is 6.06. The van der Waals surface area contributed by atoms with Crippen LogP contribution in [0.5, 0.6) is 0 Å². The van der Waals surface area contributed by atoms with Gasteiger partial charge in [-0.15, -0.1) is 0 Å². The summed E-state index contributed by atoms with van der Waals surface area (Å²) in [6.07, 6.45) is 1.64. The van der Waals surface area contributed by atoms with E-state index in [1.165, 1.54) is 29.2 Å². The SMILES string of the molecule is Cc1ccc(S(=O)(=O)NC2CC2)cc1C(=O)N(C)C(C)c1ccc(S(N)(=O)=O)cc1. The second-order valence-corrected chi connectivity index (χ2v) is 10.9. The fourth-order valence-corrected chi connectivity index (χ4v) is 4.86. The van der Waals surface area contributed by atoms with Crippen LogP contribution in [0.15, 0.2) is 52.3 Å². The number of nitrogens with one attached hydrogen (secondary N) is 1. The van der Waals surface area contributed by atoms with Crippen molar-refractivity contribution in [3.63, 3.8) is 0 Å². The van der Waals surface area contributed by atoms with Crippen LogP contribution in [0.3, 0.4) is 0 Å². The number of carbonyl (C=O) groups excluding carboxylic acids is 1. The quantitative estimate of drug-likeness (QED) is 0.665. The van der Waals surface area contributed by atoms with Crippen LogP contribution in [0.2, 0.25) is 0 Å². The lowest BCUT2D eigenvalue weighted by Crippen LogP contribution is -2.31. The number of benzene rings is 2. The van der Waals surface area contributed by atoms with Crippen molar-refractivity contribution in [1.82, 2.24) is 9.62 Å². The predicted octanol–water partition coefficient (Wildman–Crippen LogP) is 1.92. The van der Waals surface area contributed by atoms with Gasteiger partial charge < -0.3 is 4.90 Å². The van der Waals surface area contributed by atoms with E-state index in [4.69, 9.17) is 5.14 Å². The molecule has 30 heavy (non-hydrogen) atoms. The molecule has 0 aliphatic heterocycles. The van der Waals surface area contributed by atoms with Gasteiger partial charge in [0.2, 0.25) is 20.0 Å². The third kappa shape index (κ3) is 4.89. The Bertz CT molecular complexity index is 1170. The zero-order valence-electron chi connectivity index (χ0n) is 17.0. The van der Waals surface area contributed by atoms with E-state index in [-0.39, 0.29) is 27.8 Å². The fourth-order valence-electron chi connectivity index (χ4n) is 3.01. The predicted molar refractivity (Wildman–Crippen MR) is 113 cm³/mol. The smallest absolute Gasteiger partial charge is 0.254 e. The van der Waals surface area contributed by atoms with Crippen LogP contribution in [-0.2, 0) is 20.0 Å². The first-order valence-electron chi connectivity index (χ1n) is 9.43. The zero-order chi connectivity index (χ0) is 22.3. The zero-order valence-corrected chi connectivity index (χ0v) is 18.6. The minimum absolute atomic E-state index is 0.00987. The lowest BCUT2D eigenvalue weighted by atomic mass is 10.0. The van der Waals surface area contributed by atoms with Crippen molar-refractivity contribution in [2.75, 3.05) is 7.05 Å². The molecule has 3 rings (SSSR count). The van der Waals surface area contributed by atoms with Crippen molar-refractivity contribution in [2.24, 2.45) is 5.14 Å². The first-order valence-corrected chi connectivity index (χ1v) is 12.5. The first-order chi connectivity index (χ1) is 13.9. The number of aryl methyl sites for hydroxylation is 1. The number of nitrogens with two attached hydrogens (primary N) is 1. The molecule has 10 heteroatoms. The van der Waals surface area contributed by atoms with Crippen LogP contribution in [0.25, 0.3) is 0 Å². The third-order valence-corrected chi connectivity index (χ3v) is 7.69. The van der Waals surface area contributed by atoms with Crippen LogP contribution < -0.4 is 9.86 Å². The van der Waals surface area contributed by atoms with E-state index >= 15 is 0 Å². The molecular formula is C20H25N3O5S2. The van der Waals surface area contributed by atoms with Gasteiger partial charge in [-0.2, -0.15) is 0 Å². The number of sulfonamides is 2. The lowest BCUT2D eigenvalue weighted by molar-refractivity contribution is 0.0741. The molecule has 1 amide bonds. The molecule has 3 N–H and O–H groups in total. The summed E-state index contributed by atoms with van der Waals surface area (Å²) in [6, 6.07) is 10.1. The molecule has 1 atom stereocenters. The Labute approximate surface area is 177 Å². The Hall–Kier alpha value is -2.27. The summed E-state index contributed by atoms with van der Waals surface area (Å²) in [5, 5.41) is 5.12. The number of nitrogens with zero attached hydrogens (tertiary/aromatic N) is 1. The molecule has 0 radical (unpaired) electrons. The van der Waals surface area contributed by atoms with Crippen LogP contribution in [-0.4, -0.2) is 40.7 Å². The second-order valence-electron chi connectivity index (χ2n) is 7.58. The number of hydrogen-bond acceptors (Lipinski definition) is 5. The molecule has 0 spiro atoms. The third-order valence-electron chi connectivity index (χ3n) is 5.24. The number of carbonyl (C=O) groups is 1. The summed E-state index contributed by atoms with van der Waals surface area (Å²) in [5.41, 5.74) is 1.67. The van der Waals surface area contributed by atoms with Crippen molar-refractivity contribution < 1.29 is 21.6 Å². The molecule has 1 unspecified atom stereocenters. The number of rotatable bonds is 7. The van der Waals surface area contributed by atoms with Crippen LogP contribution >= 0.6 is 0 Å². The molecular weight excluding hydrogens is 426 g/mol. The van der Waals surface area contributed by atoms with Crippen molar-refractivity contribution in [1.29, 1.82) is 0 Å². The van der Waals surface area contributed by atoms with Crippen LogP contribution in [0.1, 0.15) is 47.3 Å². The topological polar surface area (TPSA) is 127 Å². The average Bonchev–Trinajstić information content (AvgIpc) is 3.49. The van der Waals surface area contributed by atoms with Crippen molar-refractivity contribution in [3.8, 4) is 0 Å². The van der Waals surface area contributed by atoms with E-state index in [1.54, 1.807) is 39.1 Å². The summed E-state index contributed by atoms with van der Waals surface area (Å²) in [5.74, 6) is -0.334. The maximum Gasteiger partial charge on any atom is 0.254 e. The average molecular weight is 452 g/mol. The lowest BCUT2D eigenvalue weighted by Gasteiger charge is -2.26. The molecule has 1 fully saturated rings. The highest BCUT2D eigenvalue weighted by Gasteiger charge is 2.29. The van der Waals surface area contributed by atoms with Crippen molar-refractivity contribution >= 4 is 26.0 Å². The minimum Gasteiger partial charge on any atom is -0.335 e. The normalized spacial score (nSPS) is 15.6. The van der Waals surface area contributed by atoms with Crippen LogP contribution in [0.4, 0.5) is 0 Å². The molecule has 0 bridgehead atoms. The van der Waals surface area contributed by atoms with Gasteiger partial charge in [0.1, 0.15) is 0 Å². The molecule has 1 saturated carbocycles. The van der Waals surface area contributed by atoms with Gasteiger partial charge in [0.25, 0.3) is 5.91 Å². The first kappa shape index (κ1) is 22.4. The summed E-state index contributed by atoms with van der Waals surface area (Å²) < 4.78 is 50.5. The van der Waals surface area contributed by atoms with Gasteiger partial charge in [-0.05, 0) is 62.1 Å². The molecule has 1 aliphatic carbocycles. The van der Waals surface area contributed by atoms with E-state index < -0.39 is 20.0 Å². The van der Waals surface area contributed by atoms with Gasteiger partial charge >= 0.3 is 0 Å². The minimum atomic E-state index is -3.80. The molecule has 162 valence electrons. The summed E-state index contributed by atoms with van der Waals surface area (Å²) in [6.45, 7) is 3.55. The van der Waals surface area contributed by atoms with Crippen molar-refractivity contribution in [2.45, 2.75) is 48.6 Å². The van der Waals surface area contributed by atoms with Crippen LogP contribution in [0, 0.1) is 6.92 Å². The monoisotopic (exact) mass is 451 g/mol. The maximum atomic E-state index is 13.1. The highest BCUT2D eigenvalue weighted by Crippen LogP contribution is 2.26. The fraction of sp³-hybridized carbons (Fsp3) is 0.350. The van der Waals surface area contributed by atoms with Gasteiger partial charge in [-0.3, -0.25) is 4.79 Å². The summed E-state index contributed by atoms with van der Waals surface area (Å²) in [4.78, 5) is 14.6. The summed E-state index contributed by atoms with van der Waals surface area (Å²) in [7, 11) is -5.86. The van der Waals surface area contributed by atoms with Gasteiger partial charge in [-0.1, -0.05) is 18.2 Å². The largest absolute Gasteiger partial charge is 0.335 e. The molecule has 2 aromatic rings. The van der Waals surface area contributed by atoms with E-state index in [0.717, 1.165) is 18.4 Å². The van der Waals surface area contributed by atoms with E-state index in [2.05, 4.69) is 4.72 Å². The number of primary sulfonamides is 1. The van der Waals surface area contributed by atoms with Crippen molar-refractivity contribution in [3.05, 3.63) is 59.2 Å². The standard InChI is InChI=1S/C20H25N3O5S2/c1-13-4-9-18(30(27,28)22-16-7-8-16)12-19(13)20(24)23(3)14(2)15-5-10-17(11-6-15)29(21,25)26/h4-6,9-12,14,16,22H,7-8H2,1-3H3,(H2,21,25,26). The van der Waals surface area contributed by atoms with Gasteiger partial charge in [0.15, 0.2) is 0 Å². The second kappa shape index (κ2) is 8.10. The Balaban J connectivity index is 1.85. The van der Waals surface area contributed by atoms with Gasteiger partial charge in [0.05, 0.1) is 15.8 Å². The Morgan fingerprint density at radius 2 is 1.63 bits per heavy atom. The Morgan fingerprint density at radius 1 is 1.07 bits per heavy atom. The van der Waals surface area contributed by atoms with E-state index in [0.29, 0.717) is 11.1 Å². The Morgan fingerprint density at radius 3 is 2.17 bits per heavy atom. The molecule has 0 heterocycles. The summed E-state index contributed by atoms with van der Waals surface area (Å²) >= 11 is 0.